The minimum atomic E-state index is 0.0954. The van der Waals surface area contributed by atoms with Crippen LogP contribution >= 0.6 is 15.9 Å². The number of hydrogen-bond donors (Lipinski definition) is 1. The van der Waals surface area contributed by atoms with Crippen LogP contribution in [0.3, 0.4) is 0 Å². The van der Waals surface area contributed by atoms with Gasteiger partial charge < -0.3 is 9.84 Å². The van der Waals surface area contributed by atoms with Gasteiger partial charge in [-0.1, -0.05) is 0 Å². The van der Waals surface area contributed by atoms with Gasteiger partial charge in [-0.05, 0) is 67.0 Å². The van der Waals surface area contributed by atoms with E-state index >= 15 is 0 Å². The summed E-state index contributed by atoms with van der Waals surface area (Å²) in [5.41, 5.74) is 0.680. The fourth-order valence-corrected chi connectivity index (χ4v) is 2.47. The summed E-state index contributed by atoms with van der Waals surface area (Å²) in [6, 6.07) is 5.37. The van der Waals surface area contributed by atoms with Gasteiger partial charge in [0, 0.05) is 12.2 Å². The number of rotatable bonds is 9. The molecule has 0 radical (unpaired) electrons. The zero-order valence-electron chi connectivity index (χ0n) is 12.1. The van der Waals surface area contributed by atoms with Gasteiger partial charge in [0.15, 0.2) is 5.78 Å². The fraction of sp³-hybridized carbons (Fsp3) is 0.533. The van der Waals surface area contributed by atoms with Crippen molar-refractivity contribution in [3.05, 3.63) is 28.2 Å². The van der Waals surface area contributed by atoms with Gasteiger partial charge in [-0.3, -0.25) is 9.69 Å². The number of unbranched alkanes of at least 4 members (excludes halogenated alkanes) is 2. The molecule has 0 fully saturated rings. The van der Waals surface area contributed by atoms with Crippen LogP contribution in [0.15, 0.2) is 22.7 Å². The molecule has 0 bridgehead atoms. The van der Waals surface area contributed by atoms with Crippen molar-refractivity contribution in [3.8, 4) is 5.75 Å². The summed E-state index contributed by atoms with van der Waals surface area (Å²) in [6.45, 7) is 1.50. The molecular formula is C15H22BrNO3. The van der Waals surface area contributed by atoms with Crippen molar-refractivity contribution in [1.82, 2.24) is 4.90 Å². The fourth-order valence-electron chi connectivity index (χ4n) is 1.93. The zero-order valence-corrected chi connectivity index (χ0v) is 13.6. The monoisotopic (exact) mass is 343 g/mol. The number of carbonyl (C=O) groups is 1. The first-order chi connectivity index (χ1) is 9.58. The summed E-state index contributed by atoms with van der Waals surface area (Å²) in [6.07, 6.45) is 2.81. The first kappa shape index (κ1) is 17.1. The summed E-state index contributed by atoms with van der Waals surface area (Å²) in [4.78, 5) is 14.2. The van der Waals surface area contributed by atoms with Crippen LogP contribution in [0, 0.1) is 0 Å². The second-order valence-corrected chi connectivity index (χ2v) is 5.65. The Morgan fingerprint density at radius 1 is 1.35 bits per heavy atom. The van der Waals surface area contributed by atoms with E-state index < -0.39 is 0 Å². The van der Waals surface area contributed by atoms with Crippen molar-refractivity contribution < 1.29 is 14.6 Å². The highest BCUT2D eigenvalue weighted by Gasteiger charge is 2.11. The number of ketones is 1. The molecule has 0 atom stereocenters. The van der Waals surface area contributed by atoms with E-state index in [-0.39, 0.29) is 12.4 Å². The largest absolute Gasteiger partial charge is 0.496 e. The molecule has 1 aromatic rings. The Labute approximate surface area is 128 Å². The van der Waals surface area contributed by atoms with Crippen molar-refractivity contribution in [1.29, 1.82) is 0 Å². The van der Waals surface area contributed by atoms with E-state index in [0.717, 1.165) is 36.0 Å². The summed E-state index contributed by atoms with van der Waals surface area (Å²) in [7, 11) is 3.54. The highest BCUT2D eigenvalue weighted by Crippen LogP contribution is 2.25. The average Bonchev–Trinajstić information content (AvgIpc) is 2.43. The Morgan fingerprint density at radius 2 is 2.10 bits per heavy atom. The maximum atomic E-state index is 12.2. The Kier molecular flexibility index (Phi) is 7.80. The summed E-state index contributed by atoms with van der Waals surface area (Å²) >= 11 is 3.39. The number of benzene rings is 1. The van der Waals surface area contributed by atoms with Crippen LogP contribution in [0.2, 0.25) is 0 Å². The predicted molar refractivity (Wildman–Crippen MR) is 83.5 cm³/mol. The van der Waals surface area contributed by atoms with Gasteiger partial charge in [0.05, 0.1) is 18.1 Å². The van der Waals surface area contributed by atoms with E-state index in [9.17, 15) is 4.79 Å². The predicted octanol–water partition coefficient (Wildman–Crippen LogP) is 2.73. The second-order valence-electron chi connectivity index (χ2n) is 4.79. The molecule has 0 heterocycles. The molecular weight excluding hydrogens is 322 g/mol. The quantitative estimate of drug-likeness (QED) is 0.553. The van der Waals surface area contributed by atoms with E-state index in [4.69, 9.17) is 9.84 Å². The van der Waals surface area contributed by atoms with Crippen LogP contribution in [0.5, 0.6) is 5.75 Å². The maximum Gasteiger partial charge on any atom is 0.176 e. The SMILES string of the molecule is COc1ccc(C(=O)CN(C)CCCCCO)cc1Br. The lowest BCUT2D eigenvalue weighted by atomic mass is 10.1. The molecule has 0 aromatic heterocycles. The molecule has 0 aliphatic carbocycles. The first-order valence-corrected chi connectivity index (χ1v) is 7.54. The number of Topliss-reactive ketones (excluding diaryl/α,β-unsaturated/α-hetero) is 1. The molecule has 1 rings (SSSR count). The molecule has 20 heavy (non-hydrogen) atoms. The summed E-state index contributed by atoms with van der Waals surface area (Å²) in [5, 5.41) is 8.71. The third-order valence-electron chi connectivity index (χ3n) is 3.09. The van der Waals surface area contributed by atoms with E-state index in [2.05, 4.69) is 15.9 Å². The van der Waals surface area contributed by atoms with Gasteiger partial charge in [0.1, 0.15) is 5.75 Å². The van der Waals surface area contributed by atoms with E-state index in [1.165, 1.54) is 0 Å². The summed E-state index contributed by atoms with van der Waals surface area (Å²) < 4.78 is 5.94. The minimum Gasteiger partial charge on any atom is -0.496 e. The number of halogens is 1. The van der Waals surface area contributed by atoms with E-state index in [1.54, 1.807) is 25.3 Å². The van der Waals surface area contributed by atoms with Crippen molar-refractivity contribution in [3.63, 3.8) is 0 Å². The van der Waals surface area contributed by atoms with Crippen LogP contribution in [-0.2, 0) is 0 Å². The Morgan fingerprint density at radius 3 is 2.70 bits per heavy atom. The highest BCUT2D eigenvalue weighted by molar-refractivity contribution is 9.10. The Balaban J connectivity index is 2.47. The van der Waals surface area contributed by atoms with E-state index in [0.29, 0.717) is 12.1 Å². The highest BCUT2D eigenvalue weighted by atomic mass is 79.9. The van der Waals surface area contributed by atoms with Crippen molar-refractivity contribution in [2.45, 2.75) is 19.3 Å². The molecule has 5 heteroatoms. The van der Waals surface area contributed by atoms with Gasteiger partial charge in [-0.2, -0.15) is 0 Å². The van der Waals surface area contributed by atoms with Crippen LogP contribution in [0.25, 0.3) is 0 Å². The van der Waals surface area contributed by atoms with Gasteiger partial charge >= 0.3 is 0 Å². The average molecular weight is 344 g/mol. The van der Waals surface area contributed by atoms with Crippen molar-refractivity contribution in [2.24, 2.45) is 0 Å². The van der Waals surface area contributed by atoms with Gasteiger partial charge in [-0.15, -0.1) is 0 Å². The van der Waals surface area contributed by atoms with Gasteiger partial charge in [0.25, 0.3) is 0 Å². The second kappa shape index (κ2) is 9.10. The zero-order chi connectivity index (χ0) is 15.0. The maximum absolute atomic E-state index is 12.2. The molecule has 0 aliphatic rings. The number of ether oxygens (including phenoxy) is 1. The molecule has 112 valence electrons. The molecule has 0 saturated heterocycles. The van der Waals surface area contributed by atoms with E-state index in [1.807, 2.05) is 11.9 Å². The Hall–Kier alpha value is -0.910. The number of methoxy groups -OCH3 is 1. The Bertz CT molecular complexity index is 437. The smallest absolute Gasteiger partial charge is 0.176 e. The molecule has 1 aromatic carbocycles. The molecule has 0 saturated carbocycles. The molecule has 0 aliphatic heterocycles. The van der Waals surface area contributed by atoms with Gasteiger partial charge in [-0.25, -0.2) is 0 Å². The van der Waals surface area contributed by atoms with Crippen LogP contribution in [0.1, 0.15) is 29.6 Å². The van der Waals surface area contributed by atoms with Crippen LogP contribution in [0.4, 0.5) is 0 Å². The molecule has 0 amide bonds. The third-order valence-corrected chi connectivity index (χ3v) is 3.70. The lowest BCUT2D eigenvalue weighted by Gasteiger charge is -2.15. The summed E-state index contributed by atoms with van der Waals surface area (Å²) in [5.74, 6) is 0.817. The topological polar surface area (TPSA) is 49.8 Å². The molecule has 0 spiro atoms. The van der Waals surface area contributed by atoms with Crippen LogP contribution in [-0.4, -0.2) is 49.6 Å². The molecule has 4 nitrogen and oxygen atoms in total. The minimum absolute atomic E-state index is 0.0954. The number of likely N-dealkylation sites (N-methyl/N-ethyl adjacent to an activating group) is 1. The standard InChI is InChI=1S/C15H22BrNO3/c1-17(8-4-3-5-9-18)11-14(19)12-6-7-15(20-2)13(16)10-12/h6-7,10,18H,3-5,8-9,11H2,1-2H3. The number of aliphatic hydroxyl groups excluding tert-OH is 1. The van der Waals surface area contributed by atoms with Crippen LogP contribution < -0.4 is 4.74 Å². The molecule has 1 N–H and O–H groups in total. The van der Waals surface area contributed by atoms with Gasteiger partial charge in [0.2, 0.25) is 0 Å². The number of nitrogens with zero attached hydrogens (tertiary/aromatic N) is 1. The number of hydrogen-bond acceptors (Lipinski definition) is 4. The van der Waals surface area contributed by atoms with Crippen molar-refractivity contribution in [2.75, 3.05) is 33.9 Å². The molecule has 0 unspecified atom stereocenters. The number of carbonyl (C=O) groups excluding carboxylic acids is 1. The van der Waals surface area contributed by atoms with Crippen molar-refractivity contribution >= 4 is 21.7 Å². The number of aliphatic hydroxyl groups is 1. The lowest BCUT2D eigenvalue weighted by Crippen LogP contribution is -2.27. The lowest BCUT2D eigenvalue weighted by molar-refractivity contribution is 0.0945. The normalized spacial score (nSPS) is 10.8. The first-order valence-electron chi connectivity index (χ1n) is 6.74. The third kappa shape index (κ3) is 5.61.